The fourth-order valence-electron chi connectivity index (χ4n) is 1.63. The maximum Gasteiger partial charge on any atom is 0.203 e. The lowest BCUT2D eigenvalue weighted by molar-refractivity contribution is 0.236. The summed E-state index contributed by atoms with van der Waals surface area (Å²) < 4.78 is 15.8. The van der Waals surface area contributed by atoms with Gasteiger partial charge in [-0.25, -0.2) is 0 Å². The van der Waals surface area contributed by atoms with E-state index in [2.05, 4.69) is 31.1 Å². The van der Waals surface area contributed by atoms with Crippen LogP contribution in [0.3, 0.4) is 0 Å². The number of aliphatic hydroxyl groups is 1. The highest BCUT2D eigenvalue weighted by Crippen LogP contribution is 2.39. The van der Waals surface area contributed by atoms with Crippen molar-refractivity contribution in [1.82, 2.24) is 0 Å². The van der Waals surface area contributed by atoms with Crippen molar-refractivity contribution in [3.63, 3.8) is 0 Å². The molecule has 110 valence electrons. The van der Waals surface area contributed by atoms with Gasteiger partial charge in [-0.1, -0.05) is 25.6 Å². The zero-order valence-electron chi connectivity index (χ0n) is 12.9. The second-order valence-electron chi connectivity index (χ2n) is 5.38. The van der Waals surface area contributed by atoms with E-state index < -0.39 is 14.2 Å². The van der Waals surface area contributed by atoms with Crippen molar-refractivity contribution in [2.24, 2.45) is 0 Å². The van der Waals surface area contributed by atoms with E-state index >= 15 is 0 Å². The van der Waals surface area contributed by atoms with Crippen molar-refractivity contribution in [3.05, 3.63) is 17.7 Å². The normalized spacial score (nSPS) is 12.2. The summed E-state index contributed by atoms with van der Waals surface area (Å²) in [6, 6.07) is 3.43. The Morgan fingerprint density at radius 2 is 1.50 bits per heavy atom. The summed E-state index contributed by atoms with van der Waals surface area (Å²) in [7, 11) is 3.11. The third-order valence-corrected chi connectivity index (χ3v) is 3.48. The number of aliphatic hydroxyl groups excluding tert-OH is 1. The predicted octanol–water partition coefficient (Wildman–Crippen LogP) is 2.63. The average molecular weight is 294 g/mol. The van der Waals surface area contributed by atoms with E-state index in [0.29, 0.717) is 22.8 Å². The molecule has 1 N–H and O–H groups in total. The molecule has 0 spiro atoms. The molecule has 0 saturated heterocycles. The lowest BCUT2D eigenvalue weighted by atomic mass is 10.1. The highest BCUT2D eigenvalue weighted by molar-refractivity contribution is 6.83. The van der Waals surface area contributed by atoms with Gasteiger partial charge in [0.2, 0.25) is 5.75 Å². The van der Waals surface area contributed by atoms with Crippen LogP contribution in [0.2, 0.25) is 19.6 Å². The minimum absolute atomic E-state index is 0.504. The summed E-state index contributed by atoms with van der Waals surface area (Å²) in [5, 5.41) is 10.2. The molecule has 0 aliphatic heterocycles. The summed E-state index contributed by atoms with van der Waals surface area (Å²) >= 11 is 0. The first kappa shape index (κ1) is 16.4. The van der Waals surface area contributed by atoms with E-state index in [4.69, 9.17) is 14.2 Å². The molecule has 1 atom stereocenters. The number of hydrogen-bond donors (Lipinski definition) is 1. The van der Waals surface area contributed by atoms with Gasteiger partial charge in [-0.2, -0.15) is 0 Å². The molecule has 1 rings (SSSR count). The number of ether oxygens (including phenoxy) is 3. The first-order valence-electron chi connectivity index (χ1n) is 6.33. The molecule has 0 aliphatic carbocycles. The summed E-state index contributed by atoms with van der Waals surface area (Å²) in [5.74, 6) is 4.42. The van der Waals surface area contributed by atoms with Gasteiger partial charge in [-0.3, -0.25) is 0 Å². The van der Waals surface area contributed by atoms with Crippen LogP contribution in [0.25, 0.3) is 0 Å². The monoisotopic (exact) mass is 294 g/mol. The minimum Gasteiger partial charge on any atom is -0.493 e. The van der Waals surface area contributed by atoms with Crippen molar-refractivity contribution in [2.45, 2.75) is 25.7 Å². The number of benzene rings is 1. The van der Waals surface area contributed by atoms with Gasteiger partial charge in [0.05, 0.1) is 21.3 Å². The third-order valence-electron chi connectivity index (χ3n) is 2.59. The SMILES string of the molecule is COc1cc(C(O)C#C[Si](C)(C)C)cc(OC)c1OC. The van der Waals surface area contributed by atoms with Gasteiger partial charge in [-0.15, -0.1) is 5.54 Å². The van der Waals surface area contributed by atoms with Crippen molar-refractivity contribution in [1.29, 1.82) is 0 Å². The van der Waals surface area contributed by atoms with Gasteiger partial charge in [-0.05, 0) is 12.1 Å². The lowest BCUT2D eigenvalue weighted by Crippen LogP contribution is -2.16. The Hall–Kier alpha value is -1.64. The molecule has 0 radical (unpaired) electrons. The van der Waals surface area contributed by atoms with Crippen LogP contribution < -0.4 is 14.2 Å². The van der Waals surface area contributed by atoms with Crippen LogP contribution in [0.1, 0.15) is 11.7 Å². The smallest absolute Gasteiger partial charge is 0.203 e. The van der Waals surface area contributed by atoms with Crippen LogP contribution in [-0.2, 0) is 0 Å². The topological polar surface area (TPSA) is 47.9 Å². The molecule has 0 aromatic heterocycles. The maximum absolute atomic E-state index is 10.2. The van der Waals surface area contributed by atoms with E-state index in [9.17, 15) is 5.11 Å². The van der Waals surface area contributed by atoms with Crippen molar-refractivity contribution >= 4 is 8.07 Å². The van der Waals surface area contributed by atoms with Gasteiger partial charge in [0.25, 0.3) is 0 Å². The van der Waals surface area contributed by atoms with Gasteiger partial charge < -0.3 is 19.3 Å². The zero-order valence-corrected chi connectivity index (χ0v) is 13.9. The number of rotatable bonds is 4. The highest BCUT2D eigenvalue weighted by atomic mass is 28.3. The minimum atomic E-state index is -1.52. The van der Waals surface area contributed by atoms with E-state index in [0.717, 1.165) is 0 Å². The Labute approximate surface area is 121 Å². The number of methoxy groups -OCH3 is 3. The van der Waals surface area contributed by atoms with E-state index in [-0.39, 0.29) is 0 Å². The first-order chi connectivity index (χ1) is 9.32. The molecule has 20 heavy (non-hydrogen) atoms. The summed E-state index contributed by atoms with van der Waals surface area (Å²) in [5.41, 5.74) is 3.78. The lowest BCUT2D eigenvalue weighted by Gasteiger charge is -2.15. The molecule has 1 unspecified atom stereocenters. The van der Waals surface area contributed by atoms with Crippen molar-refractivity contribution in [2.75, 3.05) is 21.3 Å². The molecule has 0 saturated carbocycles. The quantitative estimate of drug-likeness (QED) is 0.685. The van der Waals surface area contributed by atoms with Crippen LogP contribution in [0, 0.1) is 11.5 Å². The number of hydrogen-bond acceptors (Lipinski definition) is 4. The Morgan fingerprint density at radius 3 is 1.85 bits per heavy atom. The molecule has 0 bridgehead atoms. The van der Waals surface area contributed by atoms with Crippen LogP contribution in [0.5, 0.6) is 17.2 Å². The van der Waals surface area contributed by atoms with E-state index in [1.165, 1.54) is 0 Å². The molecule has 1 aromatic carbocycles. The second-order valence-corrected chi connectivity index (χ2v) is 10.1. The molecule has 4 nitrogen and oxygen atoms in total. The van der Waals surface area contributed by atoms with Crippen molar-refractivity contribution < 1.29 is 19.3 Å². The molecule has 5 heteroatoms. The van der Waals surface area contributed by atoms with Crippen molar-refractivity contribution in [3.8, 4) is 28.7 Å². The Balaban J connectivity index is 3.21. The molecule has 1 aromatic rings. The molecular weight excluding hydrogens is 272 g/mol. The molecular formula is C15H22O4Si. The summed E-state index contributed by atoms with van der Waals surface area (Å²) in [4.78, 5) is 0. The van der Waals surface area contributed by atoms with Gasteiger partial charge in [0, 0.05) is 5.56 Å². The van der Waals surface area contributed by atoms with E-state index in [1.54, 1.807) is 33.5 Å². The summed E-state index contributed by atoms with van der Waals surface area (Å²) in [6.07, 6.45) is -0.865. The summed E-state index contributed by atoms with van der Waals surface area (Å²) in [6.45, 7) is 6.38. The average Bonchev–Trinajstić information content (AvgIpc) is 2.42. The van der Waals surface area contributed by atoms with E-state index in [1.807, 2.05) is 0 Å². The second kappa shape index (κ2) is 6.68. The predicted molar refractivity (Wildman–Crippen MR) is 82.2 cm³/mol. The fourth-order valence-corrected chi connectivity index (χ4v) is 2.20. The Morgan fingerprint density at radius 1 is 1.00 bits per heavy atom. The van der Waals surface area contributed by atoms with Crippen LogP contribution in [0.4, 0.5) is 0 Å². The van der Waals surface area contributed by atoms with Gasteiger partial charge >= 0.3 is 0 Å². The van der Waals surface area contributed by atoms with Crippen LogP contribution >= 0.6 is 0 Å². The fraction of sp³-hybridized carbons (Fsp3) is 0.467. The molecule has 0 aliphatic rings. The van der Waals surface area contributed by atoms with Crippen LogP contribution in [0.15, 0.2) is 12.1 Å². The Kier molecular flexibility index (Phi) is 5.49. The molecule has 0 fully saturated rings. The van der Waals surface area contributed by atoms with Crippen LogP contribution in [-0.4, -0.2) is 34.5 Å². The standard InChI is InChI=1S/C15H22O4Si/c1-17-13-9-11(10-14(18-2)15(13)19-3)12(16)7-8-20(4,5)6/h9-10,12,16H,1-6H3. The third kappa shape index (κ3) is 4.19. The first-order valence-corrected chi connectivity index (χ1v) is 9.83. The molecule has 0 heterocycles. The Bertz CT molecular complexity index is 498. The molecule has 0 amide bonds. The van der Waals surface area contributed by atoms with Gasteiger partial charge in [0.1, 0.15) is 14.2 Å². The maximum atomic E-state index is 10.2. The largest absolute Gasteiger partial charge is 0.493 e. The zero-order chi connectivity index (χ0) is 15.3. The highest BCUT2D eigenvalue weighted by Gasteiger charge is 2.16. The van der Waals surface area contributed by atoms with Gasteiger partial charge in [0.15, 0.2) is 11.5 Å².